The number of hydrogen-bond donors (Lipinski definition) is 1. The number of nitrogen functional groups attached to an aromatic ring is 1. The molecule has 14 heavy (non-hydrogen) atoms. The first-order valence-electron chi connectivity index (χ1n) is 5.24. The lowest BCUT2D eigenvalue weighted by Crippen LogP contribution is -2.32. The number of nitrogens with zero attached hydrogens (tertiary/aromatic N) is 1. The van der Waals surface area contributed by atoms with Gasteiger partial charge in [-0.1, -0.05) is 13.8 Å². The Balaban J connectivity index is 2.06. The number of nitrogens with two attached hydrogens (primary N) is 1. The van der Waals surface area contributed by atoms with Crippen LogP contribution in [0.2, 0.25) is 0 Å². The predicted octanol–water partition coefficient (Wildman–Crippen LogP) is 2.34. The molecule has 1 aromatic rings. The molecule has 3 heteroatoms. The van der Waals surface area contributed by atoms with Gasteiger partial charge in [-0.25, -0.2) is 0 Å². The van der Waals surface area contributed by atoms with Crippen LogP contribution in [0.4, 0.5) is 5.69 Å². The minimum absolute atomic E-state index is 0.758. The second kappa shape index (κ2) is 3.91. The Kier molecular flexibility index (Phi) is 2.79. The van der Waals surface area contributed by atoms with Gasteiger partial charge in [-0.3, -0.25) is 4.90 Å². The highest BCUT2D eigenvalue weighted by Gasteiger charge is 2.19. The van der Waals surface area contributed by atoms with E-state index in [4.69, 9.17) is 5.73 Å². The molecule has 0 saturated carbocycles. The summed E-state index contributed by atoms with van der Waals surface area (Å²) in [7, 11) is 0. The van der Waals surface area contributed by atoms with Crippen molar-refractivity contribution < 1.29 is 0 Å². The van der Waals surface area contributed by atoms with Gasteiger partial charge in [0, 0.05) is 35.6 Å². The summed E-state index contributed by atoms with van der Waals surface area (Å²) < 4.78 is 0. The van der Waals surface area contributed by atoms with Crippen molar-refractivity contribution in [2.45, 2.75) is 26.8 Å². The molecule has 2 nitrogen and oxygen atoms in total. The minimum atomic E-state index is 0.758. The number of anilines is 1. The standard InChI is InChI=1S/C11H18N2S/c1-8(2)5-13-4-3-9-10(12)7-14-11(9)6-13/h7-8H,3-6,12H2,1-2H3. The summed E-state index contributed by atoms with van der Waals surface area (Å²) in [5, 5.41) is 2.09. The van der Waals surface area contributed by atoms with E-state index in [9.17, 15) is 0 Å². The van der Waals surface area contributed by atoms with Crippen molar-refractivity contribution in [3.05, 3.63) is 15.8 Å². The molecule has 1 aromatic heterocycles. The Hall–Kier alpha value is -0.540. The molecule has 78 valence electrons. The molecule has 0 aliphatic carbocycles. The van der Waals surface area contributed by atoms with Gasteiger partial charge < -0.3 is 5.73 Å². The van der Waals surface area contributed by atoms with E-state index in [-0.39, 0.29) is 0 Å². The Labute approximate surface area is 89.7 Å². The molecule has 2 heterocycles. The zero-order chi connectivity index (χ0) is 10.1. The smallest absolute Gasteiger partial charge is 0.0459 e. The molecule has 0 radical (unpaired) electrons. The maximum absolute atomic E-state index is 5.90. The van der Waals surface area contributed by atoms with Crippen LogP contribution in [0.25, 0.3) is 0 Å². The first-order chi connectivity index (χ1) is 6.66. The molecule has 2 rings (SSSR count). The number of fused-ring (bicyclic) bond motifs is 1. The average Bonchev–Trinajstić information content (AvgIpc) is 2.46. The lowest BCUT2D eigenvalue weighted by molar-refractivity contribution is 0.229. The fraction of sp³-hybridized carbons (Fsp3) is 0.636. The average molecular weight is 210 g/mol. The van der Waals surface area contributed by atoms with Crippen molar-refractivity contribution in [3.63, 3.8) is 0 Å². The van der Waals surface area contributed by atoms with Gasteiger partial charge in [-0.15, -0.1) is 11.3 Å². The zero-order valence-electron chi connectivity index (χ0n) is 8.92. The van der Waals surface area contributed by atoms with E-state index in [2.05, 4.69) is 24.1 Å². The topological polar surface area (TPSA) is 29.3 Å². The van der Waals surface area contributed by atoms with Gasteiger partial charge in [0.15, 0.2) is 0 Å². The molecular weight excluding hydrogens is 192 g/mol. The van der Waals surface area contributed by atoms with Crippen LogP contribution in [0.3, 0.4) is 0 Å². The summed E-state index contributed by atoms with van der Waals surface area (Å²) in [6.45, 7) is 8.04. The lowest BCUT2D eigenvalue weighted by atomic mass is 10.1. The molecule has 0 aromatic carbocycles. The van der Waals surface area contributed by atoms with Gasteiger partial charge in [-0.2, -0.15) is 0 Å². The van der Waals surface area contributed by atoms with Crippen LogP contribution < -0.4 is 5.73 Å². The van der Waals surface area contributed by atoms with Crippen molar-refractivity contribution in [2.75, 3.05) is 18.8 Å². The van der Waals surface area contributed by atoms with Crippen LogP contribution in [0.1, 0.15) is 24.3 Å². The number of hydrogen-bond acceptors (Lipinski definition) is 3. The summed E-state index contributed by atoms with van der Waals surface area (Å²) in [5.74, 6) is 0.758. The summed E-state index contributed by atoms with van der Waals surface area (Å²) in [6.07, 6.45) is 1.14. The van der Waals surface area contributed by atoms with Crippen LogP contribution in [0.15, 0.2) is 5.38 Å². The van der Waals surface area contributed by atoms with E-state index in [0.29, 0.717) is 0 Å². The molecular formula is C11H18N2S. The molecule has 0 bridgehead atoms. The van der Waals surface area contributed by atoms with Crippen LogP contribution in [-0.2, 0) is 13.0 Å². The first kappa shape index (κ1) is 9.99. The third kappa shape index (κ3) is 1.93. The van der Waals surface area contributed by atoms with Gasteiger partial charge in [-0.05, 0) is 17.9 Å². The SMILES string of the molecule is CC(C)CN1CCc2c(N)csc2C1. The maximum atomic E-state index is 5.90. The van der Waals surface area contributed by atoms with Crippen LogP contribution in [-0.4, -0.2) is 18.0 Å². The molecule has 0 unspecified atom stereocenters. The lowest BCUT2D eigenvalue weighted by Gasteiger charge is -2.28. The third-order valence-corrected chi connectivity index (χ3v) is 3.71. The fourth-order valence-corrected chi connectivity index (χ4v) is 3.11. The van der Waals surface area contributed by atoms with Gasteiger partial charge in [0.1, 0.15) is 0 Å². The monoisotopic (exact) mass is 210 g/mol. The summed E-state index contributed by atoms with van der Waals surface area (Å²) >= 11 is 1.82. The van der Waals surface area contributed by atoms with E-state index in [1.54, 1.807) is 0 Å². The van der Waals surface area contributed by atoms with Crippen molar-refractivity contribution in [1.29, 1.82) is 0 Å². The second-order valence-corrected chi connectivity index (χ2v) is 5.44. The van der Waals surface area contributed by atoms with Crippen molar-refractivity contribution in [1.82, 2.24) is 4.90 Å². The third-order valence-electron chi connectivity index (χ3n) is 2.68. The van der Waals surface area contributed by atoms with Gasteiger partial charge in [0.2, 0.25) is 0 Å². The predicted molar refractivity (Wildman–Crippen MR) is 62.6 cm³/mol. The molecule has 1 aliphatic heterocycles. The Morgan fingerprint density at radius 1 is 1.57 bits per heavy atom. The van der Waals surface area contributed by atoms with Crippen molar-refractivity contribution in [3.8, 4) is 0 Å². The normalized spacial score (nSPS) is 17.4. The summed E-state index contributed by atoms with van der Waals surface area (Å²) in [5.41, 5.74) is 8.32. The van der Waals surface area contributed by atoms with Gasteiger partial charge in [0.25, 0.3) is 0 Å². The molecule has 0 saturated heterocycles. The van der Waals surface area contributed by atoms with E-state index in [1.165, 1.54) is 23.5 Å². The van der Waals surface area contributed by atoms with Crippen molar-refractivity contribution >= 4 is 17.0 Å². The molecule has 0 fully saturated rings. The van der Waals surface area contributed by atoms with E-state index in [1.807, 2.05) is 11.3 Å². The molecule has 0 amide bonds. The van der Waals surface area contributed by atoms with Gasteiger partial charge in [0.05, 0.1) is 0 Å². The minimum Gasteiger partial charge on any atom is -0.398 e. The highest BCUT2D eigenvalue weighted by Crippen LogP contribution is 2.30. The highest BCUT2D eigenvalue weighted by molar-refractivity contribution is 7.10. The van der Waals surface area contributed by atoms with E-state index >= 15 is 0 Å². The Morgan fingerprint density at radius 3 is 3.07 bits per heavy atom. The van der Waals surface area contributed by atoms with E-state index < -0.39 is 0 Å². The van der Waals surface area contributed by atoms with Gasteiger partial charge >= 0.3 is 0 Å². The molecule has 0 spiro atoms. The van der Waals surface area contributed by atoms with Crippen LogP contribution in [0.5, 0.6) is 0 Å². The highest BCUT2D eigenvalue weighted by atomic mass is 32.1. The van der Waals surface area contributed by atoms with Crippen LogP contribution in [0, 0.1) is 5.92 Å². The molecule has 1 aliphatic rings. The van der Waals surface area contributed by atoms with E-state index in [0.717, 1.165) is 24.6 Å². The largest absolute Gasteiger partial charge is 0.398 e. The van der Waals surface area contributed by atoms with Crippen LogP contribution >= 0.6 is 11.3 Å². The van der Waals surface area contributed by atoms with Crippen molar-refractivity contribution in [2.24, 2.45) is 5.92 Å². The summed E-state index contributed by atoms with van der Waals surface area (Å²) in [4.78, 5) is 4.01. The molecule has 2 N–H and O–H groups in total. The maximum Gasteiger partial charge on any atom is 0.0459 e. The Morgan fingerprint density at radius 2 is 2.36 bits per heavy atom. The first-order valence-corrected chi connectivity index (χ1v) is 6.12. The number of rotatable bonds is 2. The second-order valence-electron chi connectivity index (χ2n) is 4.47. The Bertz CT molecular complexity index is 317. The molecule has 0 atom stereocenters. The number of thiophene rings is 1. The fourth-order valence-electron chi connectivity index (χ4n) is 2.08. The zero-order valence-corrected chi connectivity index (χ0v) is 9.73. The summed E-state index contributed by atoms with van der Waals surface area (Å²) in [6, 6.07) is 0. The quantitative estimate of drug-likeness (QED) is 0.812.